The summed E-state index contributed by atoms with van der Waals surface area (Å²) in [4.78, 5) is 17.7. The Hall–Kier alpha value is -2.56. The first-order chi connectivity index (χ1) is 12.7. The second kappa shape index (κ2) is 7.22. The number of pyridine rings is 1. The van der Waals surface area contributed by atoms with Gasteiger partial charge in [0.1, 0.15) is 5.75 Å². The molecule has 0 spiro atoms. The number of carbonyl (C=O) groups is 1. The number of hydrogen-bond donors (Lipinski definition) is 1. The molecule has 0 aliphatic carbocycles. The summed E-state index contributed by atoms with van der Waals surface area (Å²) in [6.45, 7) is 10.9. The normalized spacial score (nSPS) is 16.4. The van der Waals surface area contributed by atoms with Gasteiger partial charge in [0.05, 0.1) is 6.61 Å². The van der Waals surface area contributed by atoms with Crippen LogP contribution in [0.3, 0.4) is 0 Å². The molecule has 0 radical (unpaired) electrons. The summed E-state index contributed by atoms with van der Waals surface area (Å²) in [5.41, 5.74) is 4.87. The zero-order valence-electron chi connectivity index (χ0n) is 16.7. The summed E-state index contributed by atoms with van der Waals surface area (Å²) >= 11 is 0. The molecule has 0 saturated carbocycles. The fourth-order valence-corrected chi connectivity index (χ4v) is 3.68. The Morgan fingerprint density at radius 2 is 2.04 bits per heavy atom. The van der Waals surface area contributed by atoms with E-state index in [1.807, 2.05) is 46.9 Å². The van der Waals surface area contributed by atoms with Gasteiger partial charge in [0.15, 0.2) is 0 Å². The number of carboxylic acid groups (broad SMARTS) is 1. The highest BCUT2D eigenvalue weighted by Crippen LogP contribution is 2.42. The van der Waals surface area contributed by atoms with E-state index in [0.29, 0.717) is 13.2 Å². The highest BCUT2D eigenvalue weighted by molar-refractivity contribution is 5.75. The summed E-state index contributed by atoms with van der Waals surface area (Å²) in [6.07, 6.45) is 1.81. The van der Waals surface area contributed by atoms with Crippen LogP contribution in [0.5, 0.6) is 5.75 Å². The lowest BCUT2D eigenvalue weighted by atomic mass is 9.87. The average molecular weight is 368 g/mol. The molecular formula is C22H28N2O3. The molecular weight excluding hydrogens is 340 g/mol. The Balaban J connectivity index is 2.02. The minimum absolute atomic E-state index is 0.118. The van der Waals surface area contributed by atoms with Gasteiger partial charge in [-0.15, -0.1) is 0 Å². The molecule has 2 heterocycles. The molecule has 144 valence electrons. The zero-order valence-corrected chi connectivity index (χ0v) is 16.7. The van der Waals surface area contributed by atoms with Crippen LogP contribution in [0.15, 0.2) is 30.5 Å². The topological polar surface area (TPSA) is 62.7 Å². The van der Waals surface area contributed by atoms with Crippen molar-refractivity contribution in [2.24, 2.45) is 0 Å². The van der Waals surface area contributed by atoms with E-state index in [0.717, 1.165) is 40.1 Å². The maximum Gasteiger partial charge on any atom is 0.407 e. The number of fused-ring (bicyclic) bond motifs is 1. The molecule has 2 aromatic rings. The van der Waals surface area contributed by atoms with E-state index >= 15 is 0 Å². The summed E-state index contributed by atoms with van der Waals surface area (Å²) in [6, 6.07) is 8.25. The molecule has 0 fully saturated rings. The van der Waals surface area contributed by atoms with Gasteiger partial charge >= 0.3 is 6.09 Å². The summed E-state index contributed by atoms with van der Waals surface area (Å²) in [5, 5.41) is 9.67. The molecule has 3 rings (SSSR count). The van der Waals surface area contributed by atoms with Crippen LogP contribution in [0.4, 0.5) is 4.79 Å². The molecule has 1 aromatic heterocycles. The maximum atomic E-state index is 11.8. The molecule has 1 aliphatic heterocycles. The van der Waals surface area contributed by atoms with Crippen LogP contribution in [0.1, 0.15) is 49.9 Å². The van der Waals surface area contributed by atoms with E-state index in [-0.39, 0.29) is 5.92 Å². The third-order valence-corrected chi connectivity index (χ3v) is 5.17. The van der Waals surface area contributed by atoms with Crippen molar-refractivity contribution < 1.29 is 14.6 Å². The Labute approximate surface area is 161 Å². The van der Waals surface area contributed by atoms with E-state index in [4.69, 9.17) is 4.74 Å². The van der Waals surface area contributed by atoms with Gasteiger partial charge in [0, 0.05) is 35.5 Å². The molecule has 1 N–H and O–H groups in total. The van der Waals surface area contributed by atoms with Crippen molar-refractivity contribution in [3.05, 3.63) is 47.3 Å². The van der Waals surface area contributed by atoms with Crippen molar-refractivity contribution in [1.82, 2.24) is 9.88 Å². The third kappa shape index (κ3) is 3.92. The number of nitrogens with zero attached hydrogens (tertiary/aromatic N) is 2. The van der Waals surface area contributed by atoms with Gasteiger partial charge in [0.2, 0.25) is 0 Å². The molecule has 1 atom stereocenters. The fourth-order valence-electron chi connectivity index (χ4n) is 3.68. The molecule has 5 nitrogen and oxygen atoms in total. The fraction of sp³-hybridized carbons (Fsp3) is 0.455. The first-order valence-corrected chi connectivity index (χ1v) is 9.38. The number of ether oxygens (including phenoxy) is 1. The molecule has 1 aliphatic rings. The average Bonchev–Trinajstić information content (AvgIpc) is 2.60. The van der Waals surface area contributed by atoms with E-state index in [1.165, 1.54) is 4.90 Å². The predicted molar refractivity (Wildman–Crippen MR) is 106 cm³/mol. The standard InChI is InChI=1S/C22H28N2O3/c1-14-12-23-15(2)11-19(14)18-8-6-7-17-16(9-10-27-20(17)18)13-24(21(25)26)22(3,4)5/h6-8,11-12,16H,9-10,13H2,1-5H3,(H,25,26)/t16-/m0/s1. The Kier molecular flexibility index (Phi) is 5.13. The molecule has 1 aromatic carbocycles. The van der Waals surface area contributed by atoms with Crippen molar-refractivity contribution in [3.8, 4) is 16.9 Å². The van der Waals surface area contributed by atoms with Crippen molar-refractivity contribution in [2.75, 3.05) is 13.2 Å². The van der Waals surface area contributed by atoms with Crippen LogP contribution in [0.2, 0.25) is 0 Å². The number of aryl methyl sites for hydroxylation is 2. The monoisotopic (exact) mass is 368 g/mol. The summed E-state index contributed by atoms with van der Waals surface area (Å²) < 4.78 is 6.08. The lowest BCUT2D eigenvalue weighted by molar-refractivity contribution is 0.0913. The molecule has 27 heavy (non-hydrogen) atoms. The van der Waals surface area contributed by atoms with Gasteiger partial charge in [-0.05, 0) is 63.8 Å². The van der Waals surface area contributed by atoms with Gasteiger partial charge in [-0.3, -0.25) is 4.98 Å². The number of aromatic nitrogens is 1. The number of rotatable bonds is 3. The van der Waals surface area contributed by atoms with Crippen molar-refractivity contribution in [2.45, 2.75) is 52.5 Å². The summed E-state index contributed by atoms with van der Waals surface area (Å²) in [5.74, 6) is 0.994. The third-order valence-electron chi connectivity index (χ3n) is 5.17. The number of amides is 1. The first-order valence-electron chi connectivity index (χ1n) is 9.38. The Morgan fingerprint density at radius 1 is 1.30 bits per heavy atom. The second-order valence-electron chi connectivity index (χ2n) is 8.26. The number of benzene rings is 1. The molecule has 0 saturated heterocycles. The minimum atomic E-state index is -0.882. The lowest BCUT2D eigenvalue weighted by Crippen LogP contribution is -2.47. The van der Waals surface area contributed by atoms with E-state index in [1.54, 1.807) is 0 Å². The molecule has 0 bridgehead atoms. The highest BCUT2D eigenvalue weighted by atomic mass is 16.5. The van der Waals surface area contributed by atoms with Crippen LogP contribution in [-0.2, 0) is 0 Å². The Morgan fingerprint density at radius 3 is 2.70 bits per heavy atom. The van der Waals surface area contributed by atoms with Crippen LogP contribution in [-0.4, -0.2) is 39.8 Å². The second-order valence-corrected chi connectivity index (χ2v) is 8.26. The number of para-hydroxylation sites is 1. The van der Waals surface area contributed by atoms with Gasteiger partial charge < -0.3 is 14.7 Å². The van der Waals surface area contributed by atoms with Crippen molar-refractivity contribution >= 4 is 6.09 Å². The summed E-state index contributed by atoms with van der Waals surface area (Å²) in [7, 11) is 0. The van der Waals surface area contributed by atoms with Gasteiger partial charge in [0.25, 0.3) is 0 Å². The van der Waals surface area contributed by atoms with Crippen LogP contribution < -0.4 is 4.74 Å². The van der Waals surface area contributed by atoms with E-state index in [9.17, 15) is 9.90 Å². The van der Waals surface area contributed by atoms with E-state index in [2.05, 4.69) is 23.2 Å². The number of hydrogen-bond acceptors (Lipinski definition) is 3. The zero-order chi connectivity index (χ0) is 19.8. The van der Waals surface area contributed by atoms with Crippen LogP contribution >= 0.6 is 0 Å². The quantitative estimate of drug-likeness (QED) is 0.827. The molecule has 0 unspecified atom stereocenters. The molecule has 1 amide bonds. The van der Waals surface area contributed by atoms with Gasteiger partial charge in [-0.2, -0.15) is 0 Å². The van der Waals surface area contributed by atoms with Crippen LogP contribution in [0, 0.1) is 13.8 Å². The maximum absolute atomic E-state index is 11.8. The Bertz CT molecular complexity index is 855. The largest absolute Gasteiger partial charge is 0.493 e. The smallest absolute Gasteiger partial charge is 0.407 e. The molecule has 5 heteroatoms. The van der Waals surface area contributed by atoms with Gasteiger partial charge in [-0.1, -0.05) is 18.2 Å². The van der Waals surface area contributed by atoms with Crippen molar-refractivity contribution in [3.63, 3.8) is 0 Å². The van der Waals surface area contributed by atoms with Crippen LogP contribution in [0.25, 0.3) is 11.1 Å². The van der Waals surface area contributed by atoms with Crippen molar-refractivity contribution in [1.29, 1.82) is 0 Å². The highest BCUT2D eigenvalue weighted by Gasteiger charge is 2.32. The minimum Gasteiger partial charge on any atom is -0.493 e. The van der Waals surface area contributed by atoms with Gasteiger partial charge in [-0.25, -0.2) is 4.79 Å². The SMILES string of the molecule is Cc1cc(-c2cccc3c2OCC[C@H]3CN(C(=O)O)C(C)(C)C)c(C)cn1. The lowest BCUT2D eigenvalue weighted by Gasteiger charge is -2.38. The van der Waals surface area contributed by atoms with E-state index < -0.39 is 11.6 Å². The first kappa shape index (κ1) is 19.2. The predicted octanol–water partition coefficient (Wildman–Crippen LogP) is 5.01.